The van der Waals surface area contributed by atoms with Crippen LogP contribution in [0.15, 0.2) is 78.9 Å². The molecule has 0 bridgehead atoms. The van der Waals surface area contributed by atoms with E-state index in [4.69, 9.17) is 0 Å². The number of nitrogens with zero attached hydrogens (tertiary/aromatic N) is 2. The van der Waals surface area contributed by atoms with Gasteiger partial charge in [-0.15, -0.1) is 0 Å². The highest BCUT2D eigenvalue weighted by atomic mass is 16.3. The number of fused-ring (bicyclic) bond motifs is 3. The maximum Gasteiger partial charge on any atom is 0.0916 e. The predicted molar refractivity (Wildman–Crippen MR) is 113 cm³/mol. The average Bonchev–Trinajstić information content (AvgIpc) is 3.09. The summed E-state index contributed by atoms with van der Waals surface area (Å²) in [6.07, 6.45) is -0.416. The highest BCUT2D eigenvalue weighted by Crippen LogP contribution is 2.46. The molecule has 0 aromatic heterocycles. The molecule has 28 heavy (non-hydrogen) atoms. The van der Waals surface area contributed by atoms with Crippen molar-refractivity contribution < 1.29 is 5.11 Å². The molecule has 3 nitrogen and oxygen atoms in total. The molecular formula is C25H26N2O. The van der Waals surface area contributed by atoms with Crippen LogP contribution in [0.1, 0.15) is 28.8 Å². The van der Waals surface area contributed by atoms with E-state index in [0.29, 0.717) is 12.6 Å². The zero-order valence-electron chi connectivity index (χ0n) is 16.0. The lowest BCUT2D eigenvalue weighted by atomic mass is 10.0. The molecule has 5 rings (SSSR count). The van der Waals surface area contributed by atoms with E-state index in [-0.39, 0.29) is 0 Å². The van der Waals surface area contributed by atoms with Crippen LogP contribution in [0.5, 0.6) is 0 Å². The third-order valence-corrected chi connectivity index (χ3v) is 6.19. The number of hydrogen-bond acceptors (Lipinski definition) is 3. The molecule has 0 radical (unpaired) electrons. The lowest BCUT2D eigenvalue weighted by Gasteiger charge is -2.39. The van der Waals surface area contributed by atoms with Crippen LogP contribution in [-0.2, 0) is 0 Å². The Balaban J connectivity index is 1.30. The summed E-state index contributed by atoms with van der Waals surface area (Å²) in [5.74, 6) is 0. The van der Waals surface area contributed by atoms with Gasteiger partial charge in [0.25, 0.3) is 0 Å². The van der Waals surface area contributed by atoms with Gasteiger partial charge in [-0.25, -0.2) is 0 Å². The fourth-order valence-electron chi connectivity index (χ4n) is 4.75. The van der Waals surface area contributed by atoms with Gasteiger partial charge in [0.05, 0.1) is 12.1 Å². The van der Waals surface area contributed by atoms with Crippen LogP contribution in [0.2, 0.25) is 0 Å². The highest BCUT2D eigenvalue weighted by molar-refractivity contribution is 5.78. The van der Waals surface area contributed by atoms with E-state index >= 15 is 0 Å². The molecular weight excluding hydrogens is 344 g/mol. The monoisotopic (exact) mass is 370 g/mol. The number of rotatable bonds is 4. The minimum Gasteiger partial charge on any atom is -0.387 e. The van der Waals surface area contributed by atoms with Gasteiger partial charge in [0.1, 0.15) is 0 Å². The maximum absolute atomic E-state index is 10.6. The lowest BCUT2D eigenvalue weighted by Crippen LogP contribution is -2.48. The van der Waals surface area contributed by atoms with Crippen molar-refractivity contribution in [2.45, 2.75) is 12.1 Å². The van der Waals surface area contributed by atoms with E-state index in [1.165, 1.54) is 22.3 Å². The molecule has 1 saturated heterocycles. The van der Waals surface area contributed by atoms with Crippen molar-refractivity contribution in [1.29, 1.82) is 0 Å². The Kier molecular flexibility index (Phi) is 4.73. The van der Waals surface area contributed by atoms with E-state index in [1.54, 1.807) is 0 Å². The van der Waals surface area contributed by atoms with Crippen LogP contribution in [0.4, 0.5) is 0 Å². The molecule has 1 N–H and O–H groups in total. The second kappa shape index (κ2) is 7.51. The number of hydrogen-bond donors (Lipinski definition) is 1. The normalized spacial score (nSPS) is 18.6. The first-order valence-electron chi connectivity index (χ1n) is 10.2. The fraction of sp³-hybridized carbons (Fsp3) is 0.280. The van der Waals surface area contributed by atoms with Gasteiger partial charge in [-0.05, 0) is 27.8 Å². The van der Waals surface area contributed by atoms with Crippen LogP contribution in [0.3, 0.4) is 0 Å². The topological polar surface area (TPSA) is 26.7 Å². The van der Waals surface area contributed by atoms with Crippen LogP contribution in [0.25, 0.3) is 11.1 Å². The second-order valence-corrected chi connectivity index (χ2v) is 7.84. The molecule has 0 spiro atoms. The van der Waals surface area contributed by atoms with Gasteiger partial charge in [-0.2, -0.15) is 0 Å². The van der Waals surface area contributed by atoms with E-state index in [2.05, 4.69) is 58.3 Å². The average molecular weight is 370 g/mol. The predicted octanol–water partition coefficient (Wildman–Crippen LogP) is 4.11. The molecule has 142 valence electrons. The van der Waals surface area contributed by atoms with Gasteiger partial charge in [0, 0.05) is 32.7 Å². The summed E-state index contributed by atoms with van der Waals surface area (Å²) in [7, 11) is 0. The largest absolute Gasteiger partial charge is 0.387 e. The van der Waals surface area contributed by atoms with E-state index in [0.717, 1.165) is 31.7 Å². The number of benzene rings is 3. The molecule has 0 unspecified atom stereocenters. The molecule has 0 amide bonds. The van der Waals surface area contributed by atoms with Crippen molar-refractivity contribution in [2.75, 3.05) is 32.7 Å². The second-order valence-electron chi connectivity index (χ2n) is 7.84. The summed E-state index contributed by atoms with van der Waals surface area (Å²) in [5.41, 5.74) is 6.63. The Morgan fingerprint density at radius 2 is 1.25 bits per heavy atom. The van der Waals surface area contributed by atoms with Crippen LogP contribution < -0.4 is 0 Å². The van der Waals surface area contributed by atoms with E-state index < -0.39 is 6.10 Å². The molecule has 1 aliphatic carbocycles. The molecule has 1 atom stereocenters. The summed E-state index contributed by atoms with van der Waals surface area (Å²) in [4.78, 5) is 5.00. The molecule has 3 aromatic rings. The van der Waals surface area contributed by atoms with Gasteiger partial charge in [-0.3, -0.25) is 9.80 Å². The third kappa shape index (κ3) is 3.16. The summed E-state index contributed by atoms with van der Waals surface area (Å²) in [6.45, 7) is 4.73. The summed E-state index contributed by atoms with van der Waals surface area (Å²) in [6, 6.07) is 28.0. The van der Waals surface area contributed by atoms with Crippen molar-refractivity contribution in [1.82, 2.24) is 9.80 Å². The summed E-state index contributed by atoms with van der Waals surface area (Å²) in [5, 5.41) is 10.6. The number of piperazine rings is 1. The van der Waals surface area contributed by atoms with Crippen LogP contribution in [0, 0.1) is 0 Å². The van der Waals surface area contributed by atoms with Crippen LogP contribution >= 0.6 is 0 Å². The SMILES string of the molecule is O[C@@H](CN1CCN(C2c3ccccc3-c3ccccc32)CC1)c1ccccc1. The van der Waals surface area contributed by atoms with Gasteiger partial charge in [-0.1, -0.05) is 78.9 Å². The fourth-order valence-corrected chi connectivity index (χ4v) is 4.75. The maximum atomic E-state index is 10.6. The third-order valence-electron chi connectivity index (χ3n) is 6.19. The molecule has 1 aliphatic heterocycles. The highest BCUT2D eigenvalue weighted by Gasteiger charge is 2.34. The minimum atomic E-state index is -0.416. The molecule has 3 aromatic carbocycles. The Hall–Kier alpha value is -2.46. The number of aliphatic hydroxyl groups is 1. The Bertz CT molecular complexity index is 902. The zero-order valence-corrected chi connectivity index (χ0v) is 16.0. The van der Waals surface area contributed by atoms with Crippen molar-refractivity contribution >= 4 is 0 Å². The van der Waals surface area contributed by atoms with E-state index in [9.17, 15) is 5.11 Å². The van der Waals surface area contributed by atoms with Crippen LogP contribution in [-0.4, -0.2) is 47.6 Å². The van der Waals surface area contributed by atoms with Crippen molar-refractivity contribution in [2.24, 2.45) is 0 Å². The van der Waals surface area contributed by atoms with Gasteiger partial charge < -0.3 is 5.11 Å². The van der Waals surface area contributed by atoms with Crippen molar-refractivity contribution in [3.63, 3.8) is 0 Å². The first-order valence-corrected chi connectivity index (χ1v) is 10.2. The minimum absolute atomic E-state index is 0.355. The Morgan fingerprint density at radius 1 is 0.714 bits per heavy atom. The van der Waals surface area contributed by atoms with Gasteiger partial charge >= 0.3 is 0 Å². The number of aliphatic hydroxyl groups excluding tert-OH is 1. The smallest absolute Gasteiger partial charge is 0.0916 e. The Labute approximate surface area is 166 Å². The standard InChI is InChI=1S/C25H26N2O/c28-24(19-8-2-1-3-9-19)18-26-14-16-27(17-15-26)25-22-12-6-4-10-20(22)21-11-5-7-13-23(21)25/h1-13,24-25,28H,14-18H2/t24-/m0/s1. The summed E-state index contributed by atoms with van der Waals surface area (Å²) >= 11 is 0. The first kappa shape index (κ1) is 17.6. The van der Waals surface area contributed by atoms with E-state index in [1.807, 2.05) is 30.3 Å². The zero-order chi connectivity index (χ0) is 18.9. The molecule has 0 saturated carbocycles. The van der Waals surface area contributed by atoms with Gasteiger partial charge in [0.15, 0.2) is 0 Å². The molecule has 2 aliphatic rings. The lowest BCUT2D eigenvalue weighted by molar-refractivity contribution is 0.0629. The first-order chi connectivity index (χ1) is 13.8. The van der Waals surface area contributed by atoms with Crippen molar-refractivity contribution in [3.8, 4) is 11.1 Å². The van der Waals surface area contributed by atoms with Crippen molar-refractivity contribution in [3.05, 3.63) is 95.6 Å². The molecule has 3 heteroatoms. The molecule has 1 fully saturated rings. The summed E-state index contributed by atoms with van der Waals surface area (Å²) < 4.78 is 0. The quantitative estimate of drug-likeness (QED) is 0.749. The van der Waals surface area contributed by atoms with Gasteiger partial charge in [0.2, 0.25) is 0 Å². The number of β-amino-alcohol motifs (C(OH)–C–C–N with tert-alkyl or cyclic N) is 1. The molecule has 1 heterocycles. The Morgan fingerprint density at radius 3 is 1.86 bits per heavy atom.